The minimum atomic E-state index is -4.19. The monoisotopic (exact) mass is 359 g/mol. The predicted molar refractivity (Wildman–Crippen MR) is 66.1 cm³/mol. The molecule has 0 heterocycles. The molecule has 0 aliphatic rings. The van der Waals surface area contributed by atoms with E-state index in [1.807, 2.05) is 6.07 Å². The van der Waals surface area contributed by atoms with Crippen molar-refractivity contribution >= 4 is 37.5 Å². The summed E-state index contributed by atoms with van der Waals surface area (Å²) in [4.78, 5) is 1.20. The summed E-state index contributed by atoms with van der Waals surface area (Å²) in [5, 5.41) is 0.526. The van der Waals surface area contributed by atoms with Crippen LogP contribution in [-0.4, -0.2) is 19.8 Å². The minimum absolute atomic E-state index is 0.526. The van der Waals surface area contributed by atoms with E-state index in [9.17, 15) is 13.2 Å². The standard InChI is InChI=1S/C10H10Br2F3N/c1-16(6-10(13,14)15)9-4-8(12)3-2-7(9)5-11/h2-4H,5-6H2,1H3. The summed E-state index contributed by atoms with van der Waals surface area (Å²) >= 11 is 6.51. The summed E-state index contributed by atoms with van der Waals surface area (Å²) in [6.07, 6.45) is -4.19. The third kappa shape index (κ3) is 3.97. The molecular formula is C10H10Br2F3N. The Bertz CT molecular complexity index is 366. The van der Waals surface area contributed by atoms with Crippen LogP contribution in [0.5, 0.6) is 0 Å². The fraction of sp³-hybridized carbons (Fsp3) is 0.400. The molecule has 16 heavy (non-hydrogen) atoms. The van der Waals surface area contributed by atoms with Gasteiger partial charge in [-0.2, -0.15) is 13.2 Å². The zero-order valence-electron chi connectivity index (χ0n) is 8.48. The van der Waals surface area contributed by atoms with Gasteiger partial charge < -0.3 is 4.90 Å². The first kappa shape index (κ1) is 13.8. The molecule has 0 spiro atoms. The lowest BCUT2D eigenvalue weighted by atomic mass is 10.2. The van der Waals surface area contributed by atoms with E-state index < -0.39 is 12.7 Å². The molecule has 0 saturated carbocycles. The Balaban J connectivity index is 2.97. The molecule has 0 aliphatic carbocycles. The molecule has 0 atom stereocenters. The number of hydrogen-bond donors (Lipinski definition) is 0. The molecule has 6 heteroatoms. The van der Waals surface area contributed by atoms with Crippen LogP contribution in [0.25, 0.3) is 0 Å². The van der Waals surface area contributed by atoms with Crippen LogP contribution in [0.2, 0.25) is 0 Å². The maximum atomic E-state index is 12.3. The fourth-order valence-electron chi connectivity index (χ4n) is 1.36. The normalized spacial score (nSPS) is 11.6. The first-order chi connectivity index (χ1) is 7.33. The molecule has 1 aromatic rings. The molecule has 0 amide bonds. The van der Waals surface area contributed by atoms with Gasteiger partial charge in [0.25, 0.3) is 0 Å². The first-order valence-corrected chi connectivity index (χ1v) is 6.37. The second-order valence-corrected chi connectivity index (χ2v) is 4.85. The number of benzene rings is 1. The smallest absolute Gasteiger partial charge is 0.365 e. The number of alkyl halides is 4. The number of halogens is 5. The average molecular weight is 361 g/mol. The van der Waals surface area contributed by atoms with Gasteiger partial charge in [-0.25, -0.2) is 0 Å². The highest BCUT2D eigenvalue weighted by Gasteiger charge is 2.29. The van der Waals surface area contributed by atoms with Gasteiger partial charge in [0.15, 0.2) is 0 Å². The Labute approximate surface area is 109 Å². The van der Waals surface area contributed by atoms with Crippen LogP contribution in [0.4, 0.5) is 18.9 Å². The average Bonchev–Trinajstić information content (AvgIpc) is 2.15. The summed E-state index contributed by atoms with van der Waals surface area (Å²) in [7, 11) is 1.43. The van der Waals surface area contributed by atoms with Crippen molar-refractivity contribution in [1.29, 1.82) is 0 Å². The van der Waals surface area contributed by atoms with Gasteiger partial charge in [0.1, 0.15) is 6.54 Å². The molecule has 0 unspecified atom stereocenters. The van der Waals surface area contributed by atoms with E-state index in [1.165, 1.54) is 11.9 Å². The summed E-state index contributed by atoms with van der Waals surface area (Å²) in [5.74, 6) is 0. The highest BCUT2D eigenvalue weighted by atomic mass is 79.9. The Morgan fingerprint density at radius 1 is 1.31 bits per heavy atom. The first-order valence-electron chi connectivity index (χ1n) is 4.46. The lowest BCUT2D eigenvalue weighted by Gasteiger charge is -2.23. The van der Waals surface area contributed by atoms with Gasteiger partial charge in [0.2, 0.25) is 0 Å². The second-order valence-electron chi connectivity index (χ2n) is 3.38. The molecule has 0 saturated heterocycles. The van der Waals surface area contributed by atoms with Crippen molar-refractivity contribution in [2.75, 3.05) is 18.5 Å². The van der Waals surface area contributed by atoms with Gasteiger partial charge >= 0.3 is 6.18 Å². The molecule has 0 aliphatic heterocycles. The topological polar surface area (TPSA) is 3.24 Å². The van der Waals surface area contributed by atoms with Crippen molar-refractivity contribution in [3.8, 4) is 0 Å². The Morgan fingerprint density at radius 2 is 1.94 bits per heavy atom. The van der Waals surface area contributed by atoms with Crippen LogP contribution < -0.4 is 4.90 Å². The predicted octanol–water partition coefficient (Wildman–Crippen LogP) is 4.34. The fourth-order valence-corrected chi connectivity index (χ4v) is 2.18. The molecule has 1 nitrogen and oxygen atoms in total. The molecule has 1 rings (SSSR count). The molecule has 0 aromatic heterocycles. The number of anilines is 1. The summed E-state index contributed by atoms with van der Waals surface area (Å²) in [6, 6.07) is 5.28. The number of hydrogen-bond acceptors (Lipinski definition) is 1. The van der Waals surface area contributed by atoms with Crippen LogP contribution in [0.1, 0.15) is 5.56 Å². The van der Waals surface area contributed by atoms with Gasteiger partial charge in [-0.15, -0.1) is 0 Å². The molecule has 0 radical (unpaired) electrons. The highest BCUT2D eigenvalue weighted by molar-refractivity contribution is 9.10. The van der Waals surface area contributed by atoms with E-state index >= 15 is 0 Å². The lowest BCUT2D eigenvalue weighted by molar-refractivity contribution is -0.119. The maximum Gasteiger partial charge on any atom is 0.405 e. The van der Waals surface area contributed by atoms with Crippen LogP contribution in [0, 0.1) is 0 Å². The third-order valence-electron chi connectivity index (χ3n) is 2.02. The van der Waals surface area contributed by atoms with Crippen LogP contribution in [0.15, 0.2) is 22.7 Å². The van der Waals surface area contributed by atoms with Crippen molar-refractivity contribution in [3.05, 3.63) is 28.2 Å². The van der Waals surface area contributed by atoms with Gasteiger partial charge in [-0.3, -0.25) is 0 Å². The Hall–Kier alpha value is -0.230. The Morgan fingerprint density at radius 3 is 2.44 bits per heavy atom. The van der Waals surface area contributed by atoms with Gasteiger partial charge in [0.05, 0.1) is 0 Å². The zero-order chi connectivity index (χ0) is 12.3. The third-order valence-corrected chi connectivity index (χ3v) is 3.12. The van der Waals surface area contributed by atoms with Crippen molar-refractivity contribution < 1.29 is 13.2 Å². The Kier molecular flexibility index (Phi) is 4.67. The van der Waals surface area contributed by atoms with E-state index in [2.05, 4.69) is 31.9 Å². The minimum Gasteiger partial charge on any atom is -0.365 e. The van der Waals surface area contributed by atoms with E-state index in [-0.39, 0.29) is 0 Å². The van der Waals surface area contributed by atoms with Crippen molar-refractivity contribution in [1.82, 2.24) is 0 Å². The van der Waals surface area contributed by atoms with Crippen molar-refractivity contribution in [2.24, 2.45) is 0 Å². The van der Waals surface area contributed by atoms with Gasteiger partial charge in [0, 0.05) is 22.5 Å². The van der Waals surface area contributed by atoms with Crippen molar-refractivity contribution in [2.45, 2.75) is 11.5 Å². The molecule has 90 valence electrons. The van der Waals surface area contributed by atoms with E-state index in [0.717, 1.165) is 10.0 Å². The van der Waals surface area contributed by atoms with E-state index in [1.54, 1.807) is 12.1 Å². The molecule has 0 fully saturated rings. The molecule has 0 N–H and O–H groups in total. The highest BCUT2D eigenvalue weighted by Crippen LogP contribution is 2.28. The van der Waals surface area contributed by atoms with E-state index in [0.29, 0.717) is 11.0 Å². The molecule has 0 bridgehead atoms. The maximum absolute atomic E-state index is 12.3. The summed E-state index contributed by atoms with van der Waals surface area (Å²) in [5.41, 5.74) is 1.40. The quantitative estimate of drug-likeness (QED) is 0.724. The van der Waals surface area contributed by atoms with Crippen molar-refractivity contribution in [3.63, 3.8) is 0 Å². The second kappa shape index (κ2) is 5.40. The van der Waals surface area contributed by atoms with E-state index in [4.69, 9.17) is 0 Å². The SMILES string of the molecule is CN(CC(F)(F)F)c1cc(Br)ccc1CBr. The number of rotatable bonds is 3. The largest absolute Gasteiger partial charge is 0.405 e. The van der Waals surface area contributed by atoms with Gasteiger partial charge in [-0.05, 0) is 17.7 Å². The van der Waals surface area contributed by atoms with Crippen LogP contribution in [0.3, 0.4) is 0 Å². The van der Waals surface area contributed by atoms with Crippen LogP contribution in [-0.2, 0) is 5.33 Å². The zero-order valence-corrected chi connectivity index (χ0v) is 11.7. The lowest BCUT2D eigenvalue weighted by Crippen LogP contribution is -2.31. The molecule has 1 aromatic carbocycles. The molecular weight excluding hydrogens is 351 g/mol. The van der Waals surface area contributed by atoms with Gasteiger partial charge in [-0.1, -0.05) is 37.9 Å². The number of nitrogens with zero attached hydrogens (tertiary/aromatic N) is 1. The van der Waals surface area contributed by atoms with Crippen LogP contribution >= 0.6 is 31.9 Å². The summed E-state index contributed by atoms with van der Waals surface area (Å²) < 4.78 is 37.6. The summed E-state index contributed by atoms with van der Waals surface area (Å²) in [6.45, 7) is -0.955.